The molecule has 0 aliphatic rings. The average molecular weight is 263 g/mol. The molecular weight excluding hydrogens is 246 g/mol. The molecule has 3 rings (SSSR count). The second-order valence-electron chi connectivity index (χ2n) is 5.07. The Bertz CT molecular complexity index is 714. The van der Waals surface area contributed by atoms with Gasteiger partial charge in [-0.05, 0) is 30.5 Å². The van der Waals surface area contributed by atoms with Gasteiger partial charge in [0.1, 0.15) is 0 Å². The van der Waals surface area contributed by atoms with Gasteiger partial charge in [-0.15, -0.1) is 0 Å². The first-order valence-electron chi connectivity index (χ1n) is 6.75. The van der Waals surface area contributed by atoms with Gasteiger partial charge in [-0.1, -0.05) is 42.0 Å². The number of benzene rings is 2. The predicted molar refractivity (Wildman–Crippen MR) is 81.3 cm³/mol. The van der Waals surface area contributed by atoms with Crippen molar-refractivity contribution in [2.24, 2.45) is 5.73 Å². The first-order valence-corrected chi connectivity index (χ1v) is 6.75. The predicted octanol–water partition coefficient (Wildman–Crippen LogP) is 3.18. The number of hydrogen-bond donors (Lipinski definition) is 1. The lowest BCUT2D eigenvalue weighted by Crippen LogP contribution is -2.14. The van der Waals surface area contributed by atoms with Gasteiger partial charge in [0.15, 0.2) is 0 Å². The van der Waals surface area contributed by atoms with Crippen LogP contribution < -0.4 is 5.73 Å². The van der Waals surface area contributed by atoms with Crippen LogP contribution in [0.3, 0.4) is 0 Å². The molecule has 1 unspecified atom stereocenters. The minimum atomic E-state index is -0.0712. The van der Waals surface area contributed by atoms with Gasteiger partial charge in [0.2, 0.25) is 0 Å². The topological polar surface area (TPSA) is 51.8 Å². The highest BCUT2D eigenvalue weighted by Gasteiger charge is 2.11. The highest BCUT2D eigenvalue weighted by atomic mass is 14.8. The lowest BCUT2D eigenvalue weighted by molar-refractivity contribution is 0.726. The van der Waals surface area contributed by atoms with Gasteiger partial charge in [0.25, 0.3) is 0 Å². The Labute approximate surface area is 118 Å². The van der Waals surface area contributed by atoms with Gasteiger partial charge >= 0.3 is 0 Å². The molecule has 2 N–H and O–H groups in total. The summed E-state index contributed by atoms with van der Waals surface area (Å²) in [5.74, 6) is 0. The van der Waals surface area contributed by atoms with E-state index in [1.54, 1.807) is 12.4 Å². The third kappa shape index (κ3) is 2.53. The van der Waals surface area contributed by atoms with E-state index in [9.17, 15) is 0 Å². The van der Waals surface area contributed by atoms with Crippen LogP contribution in [0.1, 0.15) is 22.7 Å². The van der Waals surface area contributed by atoms with Crippen LogP contribution >= 0.6 is 0 Å². The van der Waals surface area contributed by atoms with E-state index in [4.69, 9.17) is 5.73 Å². The maximum Gasteiger partial charge on any atom is 0.0934 e. The molecule has 1 atom stereocenters. The molecule has 0 radical (unpaired) electrons. The van der Waals surface area contributed by atoms with Gasteiger partial charge in [0, 0.05) is 18.4 Å². The molecular formula is C17H17N3. The lowest BCUT2D eigenvalue weighted by Gasteiger charge is -2.14. The van der Waals surface area contributed by atoms with Crippen LogP contribution in [0.15, 0.2) is 54.9 Å². The van der Waals surface area contributed by atoms with E-state index in [-0.39, 0.29) is 6.04 Å². The summed E-state index contributed by atoms with van der Waals surface area (Å²) in [6.07, 6.45) is 4.22. The van der Waals surface area contributed by atoms with Crippen LogP contribution in [-0.2, 0) is 6.42 Å². The van der Waals surface area contributed by atoms with E-state index in [2.05, 4.69) is 41.2 Å². The molecule has 0 aliphatic carbocycles. The third-order valence-electron chi connectivity index (χ3n) is 3.51. The number of aromatic nitrogens is 2. The van der Waals surface area contributed by atoms with Gasteiger partial charge in [-0.25, -0.2) is 0 Å². The molecule has 3 heteroatoms. The fourth-order valence-corrected chi connectivity index (χ4v) is 2.40. The smallest absolute Gasteiger partial charge is 0.0934 e. The Hall–Kier alpha value is -2.26. The first kappa shape index (κ1) is 12.8. The molecule has 1 heterocycles. The van der Waals surface area contributed by atoms with Crippen molar-refractivity contribution in [1.29, 1.82) is 0 Å². The SMILES string of the molecule is Cc1ccc(CC(N)c2cccc3nccnc23)cc1. The molecule has 100 valence electrons. The Kier molecular flexibility index (Phi) is 3.44. The van der Waals surface area contributed by atoms with Crippen LogP contribution in [0.2, 0.25) is 0 Å². The lowest BCUT2D eigenvalue weighted by atomic mass is 9.98. The van der Waals surface area contributed by atoms with E-state index >= 15 is 0 Å². The number of para-hydroxylation sites is 1. The Morgan fingerprint density at radius 3 is 2.55 bits per heavy atom. The molecule has 0 aliphatic heterocycles. The molecule has 0 saturated carbocycles. The number of rotatable bonds is 3. The van der Waals surface area contributed by atoms with Crippen LogP contribution in [0, 0.1) is 6.92 Å². The molecule has 3 nitrogen and oxygen atoms in total. The Balaban J connectivity index is 1.92. The third-order valence-corrected chi connectivity index (χ3v) is 3.51. The quantitative estimate of drug-likeness (QED) is 0.789. The van der Waals surface area contributed by atoms with Crippen molar-refractivity contribution in [1.82, 2.24) is 9.97 Å². The summed E-state index contributed by atoms with van der Waals surface area (Å²) in [7, 11) is 0. The summed E-state index contributed by atoms with van der Waals surface area (Å²) in [5, 5.41) is 0. The van der Waals surface area contributed by atoms with Crippen molar-refractivity contribution < 1.29 is 0 Å². The van der Waals surface area contributed by atoms with E-state index in [1.807, 2.05) is 18.2 Å². The summed E-state index contributed by atoms with van der Waals surface area (Å²) < 4.78 is 0. The van der Waals surface area contributed by atoms with E-state index in [0.29, 0.717) is 0 Å². The number of fused-ring (bicyclic) bond motifs is 1. The highest BCUT2D eigenvalue weighted by molar-refractivity contribution is 5.78. The summed E-state index contributed by atoms with van der Waals surface area (Å²) in [6.45, 7) is 2.09. The molecule has 0 spiro atoms. The number of nitrogens with zero attached hydrogens (tertiary/aromatic N) is 2. The second kappa shape index (κ2) is 5.39. The first-order chi connectivity index (χ1) is 9.74. The van der Waals surface area contributed by atoms with Crippen molar-refractivity contribution in [3.8, 4) is 0 Å². The normalized spacial score (nSPS) is 12.5. The average Bonchev–Trinajstić information content (AvgIpc) is 2.49. The highest BCUT2D eigenvalue weighted by Crippen LogP contribution is 2.22. The van der Waals surface area contributed by atoms with Gasteiger partial charge < -0.3 is 5.73 Å². The monoisotopic (exact) mass is 263 g/mol. The number of hydrogen-bond acceptors (Lipinski definition) is 3. The number of nitrogens with two attached hydrogens (primary N) is 1. The molecule has 0 bridgehead atoms. The summed E-state index contributed by atoms with van der Waals surface area (Å²) in [6, 6.07) is 14.4. The van der Waals surface area contributed by atoms with Gasteiger partial charge in [-0.3, -0.25) is 9.97 Å². The zero-order valence-corrected chi connectivity index (χ0v) is 11.5. The van der Waals surface area contributed by atoms with Gasteiger partial charge in [0.05, 0.1) is 11.0 Å². The molecule has 2 aromatic carbocycles. The molecule has 0 saturated heterocycles. The Morgan fingerprint density at radius 2 is 1.75 bits per heavy atom. The van der Waals surface area contributed by atoms with Crippen molar-refractivity contribution in [3.05, 3.63) is 71.5 Å². The zero-order chi connectivity index (χ0) is 13.9. The largest absolute Gasteiger partial charge is 0.324 e. The molecule has 3 aromatic rings. The van der Waals surface area contributed by atoms with Crippen LogP contribution in [-0.4, -0.2) is 9.97 Å². The van der Waals surface area contributed by atoms with Crippen molar-refractivity contribution in [3.63, 3.8) is 0 Å². The fourth-order valence-electron chi connectivity index (χ4n) is 2.40. The zero-order valence-electron chi connectivity index (χ0n) is 11.5. The molecule has 20 heavy (non-hydrogen) atoms. The molecule has 0 fully saturated rings. The minimum Gasteiger partial charge on any atom is -0.324 e. The van der Waals surface area contributed by atoms with Crippen molar-refractivity contribution in [2.45, 2.75) is 19.4 Å². The molecule has 1 aromatic heterocycles. The van der Waals surface area contributed by atoms with Crippen LogP contribution in [0.5, 0.6) is 0 Å². The summed E-state index contributed by atoms with van der Waals surface area (Å²) in [4.78, 5) is 8.74. The van der Waals surface area contributed by atoms with Crippen LogP contribution in [0.25, 0.3) is 11.0 Å². The van der Waals surface area contributed by atoms with E-state index in [1.165, 1.54) is 11.1 Å². The van der Waals surface area contributed by atoms with Crippen molar-refractivity contribution in [2.75, 3.05) is 0 Å². The van der Waals surface area contributed by atoms with Crippen LogP contribution in [0.4, 0.5) is 0 Å². The second-order valence-corrected chi connectivity index (χ2v) is 5.07. The Morgan fingerprint density at radius 1 is 1.00 bits per heavy atom. The maximum atomic E-state index is 6.36. The van der Waals surface area contributed by atoms with Crippen molar-refractivity contribution >= 4 is 11.0 Å². The van der Waals surface area contributed by atoms with E-state index in [0.717, 1.165) is 23.0 Å². The fraction of sp³-hybridized carbons (Fsp3) is 0.176. The number of aryl methyl sites for hydroxylation is 1. The maximum absolute atomic E-state index is 6.36. The molecule has 0 amide bonds. The minimum absolute atomic E-state index is 0.0712. The van der Waals surface area contributed by atoms with E-state index < -0.39 is 0 Å². The van der Waals surface area contributed by atoms with Gasteiger partial charge in [-0.2, -0.15) is 0 Å². The standard InChI is InChI=1S/C17H17N3/c1-12-5-7-13(8-6-12)11-15(18)14-3-2-4-16-17(14)20-10-9-19-16/h2-10,15H,11,18H2,1H3. The summed E-state index contributed by atoms with van der Waals surface area (Å²) >= 11 is 0. The summed E-state index contributed by atoms with van der Waals surface area (Å²) in [5.41, 5.74) is 11.7.